The summed E-state index contributed by atoms with van der Waals surface area (Å²) in [4.78, 5) is 28.9. The maximum Gasteiger partial charge on any atom is 0.263 e. The van der Waals surface area contributed by atoms with Crippen LogP contribution in [0.5, 0.6) is 5.75 Å². The van der Waals surface area contributed by atoms with Gasteiger partial charge in [0.05, 0.1) is 17.9 Å². The number of rotatable bonds is 8. The Kier molecular flexibility index (Phi) is 8.00. The number of para-hydroxylation sites is 1. The number of piperidine rings is 1. The molecule has 3 rings (SSSR count). The fourth-order valence-electron chi connectivity index (χ4n) is 3.38. The summed E-state index contributed by atoms with van der Waals surface area (Å²) in [5, 5.41) is 5.00. The number of thiophene rings is 1. The highest BCUT2D eigenvalue weighted by Gasteiger charge is 2.29. The fourth-order valence-corrected chi connectivity index (χ4v) is 5.12. The third-order valence-electron chi connectivity index (χ3n) is 5.03. The molecule has 1 aliphatic rings. The maximum absolute atomic E-state index is 12.7. The molecule has 1 saturated heterocycles. The molecule has 7 heteroatoms. The highest BCUT2D eigenvalue weighted by Crippen LogP contribution is 2.30. The van der Waals surface area contributed by atoms with Crippen LogP contribution in [-0.2, 0) is 4.79 Å². The van der Waals surface area contributed by atoms with Gasteiger partial charge in [0, 0.05) is 30.3 Å². The van der Waals surface area contributed by atoms with E-state index in [0.717, 1.165) is 40.7 Å². The van der Waals surface area contributed by atoms with E-state index in [0.29, 0.717) is 19.0 Å². The van der Waals surface area contributed by atoms with E-state index in [-0.39, 0.29) is 17.7 Å². The zero-order chi connectivity index (χ0) is 20.6. The van der Waals surface area contributed by atoms with Crippen molar-refractivity contribution in [1.82, 2.24) is 10.2 Å². The zero-order valence-corrected chi connectivity index (χ0v) is 18.6. The molecule has 0 aliphatic carbocycles. The average Bonchev–Trinajstić information content (AvgIpc) is 3.30. The van der Waals surface area contributed by atoms with E-state index in [2.05, 4.69) is 18.3 Å². The van der Waals surface area contributed by atoms with Crippen molar-refractivity contribution >= 4 is 34.9 Å². The van der Waals surface area contributed by atoms with Crippen molar-refractivity contribution in [2.24, 2.45) is 11.8 Å². The molecule has 0 bridgehead atoms. The summed E-state index contributed by atoms with van der Waals surface area (Å²) in [7, 11) is 1.68. The minimum Gasteiger partial charge on any atom is -0.496 e. The lowest BCUT2D eigenvalue weighted by Crippen LogP contribution is -2.46. The molecule has 0 spiro atoms. The topological polar surface area (TPSA) is 58.6 Å². The molecule has 1 aliphatic heterocycles. The Morgan fingerprint density at radius 3 is 2.90 bits per heavy atom. The number of methoxy groups -OCH3 is 1. The summed E-state index contributed by atoms with van der Waals surface area (Å²) < 4.78 is 5.39. The summed E-state index contributed by atoms with van der Waals surface area (Å²) in [6.45, 7) is 4.01. The van der Waals surface area contributed by atoms with Gasteiger partial charge < -0.3 is 15.0 Å². The summed E-state index contributed by atoms with van der Waals surface area (Å²) in [6, 6.07) is 11.7. The first kappa shape index (κ1) is 21.7. The van der Waals surface area contributed by atoms with Crippen LogP contribution in [0.25, 0.3) is 0 Å². The van der Waals surface area contributed by atoms with Gasteiger partial charge in [0.25, 0.3) is 5.91 Å². The van der Waals surface area contributed by atoms with Crippen molar-refractivity contribution in [1.29, 1.82) is 0 Å². The second kappa shape index (κ2) is 10.7. The number of benzene rings is 1. The molecule has 2 heterocycles. The molecule has 0 radical (unpaired) electrons. The van der Waals surface area contributed by atoms with Crippen molar-refractivity contribution < 1.29 is 14.3 Å². The second-order valence-corrected chi connectivity index (χ2v) is 9.39. The first-order chi connectivity index (χ1) is 14.1. The monoisotopic (exact) mass is 432 g/mol. The van der Waals surface area contributed by atoms with E-state index in [4.69, 9.17) is 4.74 Å². The van der Waals surface area contributed by atoms with E-state index < -0.39 is 0 Å². The Hall–Kier alpha value is -1.99. The van der Waals surface area contributed by atoms with Gasteiger partial charge in [-0.05, 0) is 42.3 Å². The van der Waals surface area contributed by atoms with Crippen LogP contribution < -0.4 is 10.1 Å². The number of nitrogens with one attached hydrogen (secondary N) is 1. The van der Waals surface area contributed by atoms with E-state index >= 15 is 0 Å². The number of carbonyl (C=O) groups is 2. The van der Waals surface area contributed by atoms with Gasteiger partial charge in [-0.15, -0.1) is 23.1 Å². The highest BCUT2D eigenvalue weighted by atomic mass is 32.2. The summed E-state index contributed by atoms with van der Waals surface area (Å²) in [6.07, 6.45) is 1.71. The number of nitrogens with zero attached hydrogens (tertiary/aromatic N) is 1. The van der Waals surface area contributed by atoms with Gasteiger partial charge in [-0.3, -0.25) is 9.59 Å². The molecular weight excluding hydrogens is 404 g/mol. The Labute approximate surface area is 180 Å². The molecule has 5 nitrogen and oxygen atoms in total. The van der Waals surface area contributed by atoms with E-state index in [1.807, 2.05) is 40.6 Å². The first-order valence-electron chi connectivity index (χ1n) is 9.94. The lowest BCUT2D eigenvalue weighted by molar-refractivity contribution is -0.126. The minimum absolute atomic E-state index is 0.0408. The molecule has 2 amide bonds. The van der Waals surface area contributed by atoms with Gasteiger partial charge in [-0.2, -0.15) is 0 Å². The highest BCUT2D eigenvalue weighted by molar-refractivity contribution is 7.99. The number of hydrogen-bond donors (Lipinski definition) is 1. The predicted octanol–water partition coefficient (Wildman–Crippen LogP) is 4.15. The van der Waals surface area contributed by atoms with Gasteiger partial charge >= 0.3 is 0 Å². The number of amides is 2. The molecule has 29 heavy (non-hydrogen) atoms. The minimum atomic E-state index is -0.123. The van der Waals surface area contributed by atoms with Gasteiger partial charge in [-0.1, -0.05) is 25.1 Å². The number of likely N-dealkylation sites (tertiary alicyclic amines) is 1. The van der Waals surface area contributed by atoms with Crippen molar-refractivity contribution in [3.63, 3.8) is 0 Å². The molecule has 156 valence electrons. The third-order valence-corrected chi connectivity index (χ3v) is 7.27. The van der Waals surface area contributed by atoms with E-state index in [1.54, 1.807) is 18.9 Å². The van der Waals surface area contributed by atoms with Gasteiger partial charge in [-0.25, -0.2) is 0 Å². The van der Waals surface area contributed by atoms with Crippen LogP contribution in [0.2, 0.25) is 0 Å². The number of hydrogen-bond acceptors (Lipinski definition) is 5. The smallest absolute Gasteiger partial charge is 0.263 e. The van der Waals surface area contributed by atoms with E-state index in [1.165, 1.54) is 11.3 Å². The molecule has 0 saturated carbocycles. The van der Waals surface area contributed by atoms with Crippen molar-refractivity contribution in [3.8, 4) is 5.75 Å². The molecular formula is C22H28N2O3S2. The van der Waals surface area contributed by atoms with Crippen LogP contribution in [-0.4, -0.2) is 49.2 Å². The molecule has 1 aromatic carbocycles. The largest absolute Gasteiger partial charge is 0.496 e. The van der Waals surface area contributed by atoms with E-state index in [9.17, 15) is 9.59 Å². The Balaban J connectivity index is 1.44. The second-order valence-electron chi connectivity index (χ2n) is 7.38. The lowest BCUT2D eigenvalue weighted by atomic mass is 9.96. The standard InChI is InChI=1S/C22H28N2O3S2/c1-16(15-29-19-9-4-3-8-18(19)27-2)13-23-21(25)17-7-5-11-24(14-17)22(26)20-10-6-12-28-20/h3-4,6,8-10,12,16-17H,5,7,11,13-15H2,1-2H3,(H,23,25). The van der Waals surface area contributed by atoms with Crippen LogP contribution in [0.4, 0.5) is 0 Å². The van der Waals surface area contributed by atoms with Gasteiger partial charge in [0.15, 0.2) is 0 Å². The fraction of sp³-hybridized carbons (Fsp3) is 0.455. The SMILES string of the molecule is COc1ccccc1SCC(C)CNC(=O)C1CCCN(C(=O)c2cccs2)C1. The number of thioether (sulfide) groups is 1. The van der Waals surface area contributed by atoms with Crippen LogP contribution in [0.1, 0.15) is 29.4 Å². The number of ether oxygens (including phenoxy) is 1. The van der Waals surface area contributed by atoms with Crippen LogP contribution in [0.3, 0.4) is 0 Å². The maximum atomic E-state index is 12.7. The predicted molar refractivity (Wildman–Crippen MR) is 119 cm³/mol. The normalized spacial score (nSPS) is 17.6. The zero-order valence-electron chi connectivity index (χ0n) is 16.9. The van der Waals surface area contributed by atoms with Crippen molar-refractivity contribution in [3.05, 3.63) is 46.7 Å². The third kappa shape index (κ3) is 6.00. The first-order valence-corrected chi connectivity index (χ1v) is 11.8. The lowest BCUT2D eigenvalue weighted by Gasteiger charge is -2.32. The number of carbonyl (C=O) groups excluding carboxylic acids is 2. The van der Waals surface area contributed by atoms with Crippen molar-refractivity contribution in [2.45, 2.75) is 24.7 Å². The summed E-state index contributed by atoms with van der Waals surface area (Å²) in [5.74, 6) is 2.09. The molecule has 1 fully saturated rings. The molecule has 2 aromatic rings. The molecule has 2 atom stereocenters. The molecule has 2 unspecified atom stereocenters. The average molecular weight is 433 g/mol. The Bertz CT molecular complexity index is 810. The Morgan fingerprint density at radius 1 is 1.31 bits per heavy atom. The Morgan fingerprint density at radius 2 is 2.14 bits per heavy atom. The van der Waals surface area contributed by atoms with Crippen molar-refractivity contribution in [2.75, 3.05) is 32.5 Å². The van der Waals surface area contributed by atoms with Crippen LogP contribution >= 0.6 is 23.1 Å². The van der Waals surface area contributed by atoms with Crippen LogP contribution in [0.15, 0.2) is 46.7 Å². The van der Waals surface area contributed by atoms with Crippen LogP contribution in [0, 0.1) is 11.8 Å². The summed E-state index contributed by atoms with van der Waals surface area (Å²) >= 11 is 3.19. The summed E-state index contributed by atoms with van der Waals surface area (Å²) in [5.41, 5.74) is 0. The van der Waals surface area contributed by atoms with Gasteiger partial charge in [0.2, 0.25) is 5.91 Å². The van der Waals surface area contributed by atoms with Gasteiger partial charge in [0.1, 0.15) is 5.75 Å². The quantitative estimate of drug-likeness (QED) is 0.637. The molecule has 1 aromatic heterocycles. The molecule has 1 N–H and O–H groups in total.